The van der Waals surface area contributed by atoms with Gasteiger partial charge in [-0.3, -0.25) is 0 Å². The van der Waals surface area contributed by atoms with Crippen LogP contribution in [0.15, 0.2) is 35.5 Å². The number of benzene rings is 1. The molecule has 1 aromatic heterocycles. The number of hydrogen-bond donors (Lipinski definition) is 3. The van der Waals surface area contributed by atoms with E-state index in [0.717, 1.165) is 18.2 Å². The molecule has 0 fully saturated rings. The molecule has 0 atom stereocenters. The Morgan fingerprint density at radius 1 is 1.48 bits per heavy atom. The molecule has 2 rings (SSSR count). The van der Waals surface area contributed by atoms with E-state index in [9.17, 15) is 12.8 Å². The second-order valence-corrected chi connectivity index (χ2v) is 6.40. The molecular weight excluding hydrogens is 315 g/mol. The molecule has 1 aromatic carbocycles. The van der Waals surface area contributed by atoms with Gasteiger partial charge in [-0.05, 0) is 18.2 Å². The lowest BCUT2D eigenvalue weighted by Crippen LogP contribution is -2.26. The minimum atomic E-state index is -3.76. The van der Waals surface area contributed by atoms with Crippen molar-refractivity contribution in [1.29, 1.82) is 0 Å². The fourth-order valence-electron chi connectivity index (χ4n) is 1.68. The summed E-state index contributed by atoms with van der Waals surface area (Å²) < 4.78 is 40.1. The number of rotatable bonds is 6. The fourth-order valence-corrected chi connectivity index (χ4v) is 2.90. The van der Waals surface area contributed by atoms with Crippen LogP contribution in [0.3, 0.4) is 0 Å². The summed E-state index contributed by atoms with van der Waals surface area (Å²) in [6.07, 6.45) is 3.64. The second-order valence-electron chi connectivity index (χ2n) is 4.19. The van der Waals surface area contributed by atoms with Crippen molar-refractivity contribution < 1.29 is 12.8 Å². The summed E-state index contributed by atoms with van der Waals surface area (Å²) in [7, 11) is -3.76. The first-order valence-corrected chi connectivity index (χ1v) is 7.86. The molecule has 6 nitrogen and oxygen atoms in total. The molecular formula is C12H13FN4O2S2. The maximum atomic E-state index is 13.5. The first-order valence-electron chi connectivity index (χ1n) is 5.97. The highest BCUT2D eigenvalue weighted by Gasteiger charge is 2.17. The summed E-state index contributed by atoms with van der Waals surface area (Å²) in [5, 5.41) is 0. The molecule has 4 N–H and O–H groups in total. The van der Waals surface area contributed by atoms with Gasteiger partial charge in [-0.25, -0.2) is 22.5 Å². The normalized spacial score (nSPS) is 11.5. The van der Waals surface area contributed by atoms with Crippen molar-refractivity contribution >= 4 is 27.2 Å². The van der Waals surface area contributed by atoms with Crippen LogP contribution in [0.25, 0.3) is 0 Å². The van der Waals surface area contributed by atoms with Gasteiger partial charge in [-0.15, -0.1) is 0 Å². The van der Waals surface area contributed by atoms with Gasteiger partial charge < -0.3 is 10.7 Å². The average molecular weight is 328 g/mol. The van der Waals surface area contributed by atoms with E-state index in [1.165, 1.54) is 0 Å². The van der Waals surface area contributed by atoms with E-state index in [1.54, 1.807) is 12.4 Å². The summed E-state index contributed by atoms with van der Waals surface area (Å²) in [5.74, 6) is 0.0117. The molecule has 112 valence electrons. The summed E-state index contributed by atoms with van der Waals surface area (Å²) in [5.41, 5.74) is 5.26. The van der Waals surface area contributed by atoms with Crippen LogP contribution in [0.1, 0.15) is 11.4 Å². The Morgan fingerprint density at radius 3 is 2.86 bits per heavy atom. The largest absolute Gasteiger partial charge is 0.389 e. The van der Waals surface area contributed by atoms with Crippen molar-refractivity contribution in [3.8, 4) is 0 Å². The average Bonchev–Trinajstić information content (AvgIpc) is 2.91. The number of nitrogens with two attached hydrogens (primary N) is 1. The first-order chi connectivity index (χ1) is 9.90. The molecule has 0 bridgehead atoms. The molecule has 1 heterocycles. The predicted molar refractivity (Wildman–Crippen MR) is 79.8 cm³/mol. The first kappa shape index (κ1) is 15.5. The SMILES string of the molecule is NC(=S)c1cc(S(=O)(=O)NCCc2ncc[nH]2)ccc1F. The van der Waals surface area contributed by atoms with E-state index in [2.05, 4.69) is 26.9 Å². The number of imidazole rings is 1. The van der Waals surface area contributed by atoms with E-state index >= 15 is 0 Å². The molecule has 2 aromatic rings. The number of halogens is 1. The van der Waals surface area contributed by atoms with Crippen LogP contribution in [0, 0.1) is 5.82 Å². The van der Waals surface area contributed by atoms with Crippen LogP contribution >= 0.6 is 12.2 Å². The van der Waals surface area contributed by atoms with Crippen LogP contribution in [0.5, 0.6) is 0 Å². The highest BCUT2D eigenvalue weighted by Crippen LogP contribution is 2.15. The minimum Gasteiger partial charge on any atom is -0.389 e. The Hall–Kier alpha value is -1.84. The maximum absolute atomic E-state index is 13.5. The molecule has 0 saturated heterocycles. The quantitative estimate of drug-likeness (QED) is 0.678. The van der Waals surface area contributed by atoms with Gasteiger partial charge in [0.05, 0.1) is 4.90 Å². The van der Waals surface area contributed by atoms with Gasteiger partial charge in [-0.2, -0.15) is 0 Å². The highest BCUT2D eigenvalue weighted by molar-refractivity contribution is 7.89. The van der Waals surface area contributed by atoms with Crippen LogP contribution < -0.4 is 10.5 Å². The molecule has 0 spiro atoms. The van der Waals surface area contributed by atoms with Gasteiger partial charge >= 0.3 is 0 Å². The van der Waals surface area contributed by atoms with Crippen LogP contribution in [-0.2, 0) is 16.4 Å². The van der Waals surface area contributed by atoms with E-state index in [-0.39, 0.29) is 22.0 Å². The Bertz CT molecular complexity index is 745. The molecule has 0 radical (unpaired) electrons. The Morgan fingerprint density at radius 2 is 2.24 bits per heavy atom. The van der Waals surface area contributed by atoms with Crippen molar-refractivity contribution in [3.05, 3.63) is 47.8 Å². The van der Waals surface area contributed by atoms with Crippen molar-refractivity contribution in [2.24, 2.45) is 5.73 Å². The zero-order valence-electron chi connectivity index (χ0n) is 10.8. The third-order valence-corrected chi connectivity index (χ3v) is 4.40. The number of nitrogens with one attached hydrogen (secondary N) is 2. The highest BCUT2D eigenvalue weighted by atomic mass is 32.2. The third-order valence-electron chi connectivity index (χ3n) is 2.72. The van der Waals surface area contributed by atoms with E-state index < -0.39 is 15.8 Å². The smallest absolute Gasteiger partial charge is 0.240 e. The lowest BCUT2D eigenvalue weighted by atomic mass is 10.2. The molecule has 21 heavy (non-hydrogen) atoms. The lowest BCUT2D eigenvalue weighted by Gasteiger charge is -2.08. The van der Waals surface area contributed by atoms with Crippen LogP contribution in [0.4, 0.5) is 4.39 Å². The van der Waals surface area contributed by atoms with Crippen molar-refractivity contribution in [1.82, 2.24) is 14.7 Å². The van der Waals surface area contributed by atoms with Gasteiger partial charge in [-0.1, -0.05) is 12.2 Å². The summed E-state index contributed by atoms with van der Waals surface area (Å²) in [4.78, 5) is 6.56. The number of sulfonamides is 1. The number of aromatic amines is 1. The van der Waals surface area contributed by atoms with E-state index in [4.69, 9.17) is 5.73 Å². The topological polar surface area (TPSA) is 101 Å². The zero-order chi connectivity index (χ0) is 15.5. The molecule has 9 heteroatoms. The van der Waals surface area contributed by atoms with Crippen molar-refractivity contribution in [3.63, 3.8) is 0 Å². The Balaban J connectivity index is 2.12. The number of thiocarbonyl (C=S) groups is 1. The van der Waals surface area contributed by atoms with Gasteiger partial charge in [0.1, 0.15) is 16.6 Å². The Labute approximate surface area is 126 Å². The fraction of sp³-hybridized carbons (Fsp3) is 0.167. The van der Waals surface area contributed by atoms with Gasteiger partial charge in [0.2, 0.25) is 10.0 Å². The maximum Gasteiger partial charge on any atom is 0.240 e. The van der Waals surface area contributed by atoms with Gasteiger partial charge in [0.25, 0.3) is 0 Å². The summed E-state index contributed by atoms with van der Waals surface area (Å²) in [6, 6.07) is 3.30. The van der Waals surface area contributed by atoms with E-state index in [1.807, 2.05) is 0 Å². The standard InChI is InChI=1S/C12H13FN4O2S2/c13-10-2-1-8(7-9(10)12(14)20)21(18,19)17-4-3-11-15-5-6-16-11/h1-2,5-7,17H,3-4H2,(H2,14,20)(H,15,16). The van der Waals surface area contributed by atoms with Gasteiger partial charge in [0, 0.05) is 30.9 Å². The predicted octanol–water partition coefficient (Wildman–Crippen LogP) is 0.704. The van der Waals surface area contributed by atoms with Gasteiger partial charge in [0.15, 0.2) is 0 Å². The summed E-state index contributed by atoms with van der Waals surface area (Å²) in [6.45, 7) is 0.162. The Kier molecular flexibility index (Phi) is 4.66. The molecule has 0 amide bonds. The van der Waals surface area contributed by atoms with Crippen LogP contribution in [0.2, 0.25) is 0 Å². The number of H-pyrrole nitrogens is 1. The zero-order valence-corrected chi connectivity index (χ0v) is 12.5. The summed E-state index contributed by atoms with van der Waals surface area (Å²) >= 11 is 4.68. The monoisotopic (exact) mass is 328 g/mol. The molecule has 0 unspecified atom stereocenters. The number of hydrogen-bond acceptors (Lipinski definition) is 4. The minimum absolute atomic E-state index is 0.0915. The number of nitrogens with zero attached hydrogens (tertiary/aromatic N) is 1. The van der Waals surface area contributed by atoms with Crippen LogP contribution in [-0.4, -0.2) is 29.9 Å². The van der Waals surface area contributed by atoms with E-state index in [0.29, 0.717) is 12.2 Å². The molecule has 0 saturated carbocycles. The van der Waals surface area contributed by atoms with Crippen molar-refractivity contribution in [2.75, 3.05) is 6.54 Å². The number of aromatic nitrogens is 2. The van der Waals surface area contributed by atoms with Crippen molar-refractivity contribution in [2.45, 2.75) is 11.3 Å². The second kappa shape index (κ2) is 6.29. The lowest BCUT2D eigenvalue weighted by molar-refractivity contribution is 0.580. The third kappa shape index (κ3) is 3.84. The molecule has 0 aliphatic heterocycles. The molecule has 0 aliphatic rings. The molecule has 0 aliphatic carbocycles.